The molecular weight excluding hydrogens is 510 g/mol. The van der Waals surface area contributed by atoms with Gasteiger partial charge in [-0.25, -0.2) is 4.98 Å². The summed E-state index contributed by atoms with van der Waals surface area (Å²) in [5.74, 6) is 1.03. The molecule has 2 aliphatic heterocycles. The molecule has 2 fully saturated rings. The van der Waals surface area contributed by atoms with Crippen LogP contribution in [0.1, 0.15) is 5.89 Å². The van der Waals surface area contributed by atoms with E-state index in [1.54, 1.807) is 13.0 Å². The molecule has 0 saturated carbocycles. The van der Waals surface area contributed by atoms with E-state index in [2.05, 4.69) is 25.1 Å². The standard InChI is InChI=1S/C27H22ClN5O5/c1-13-32-33-26(37-13)17-8-4-15(5-9-17)14-2-6-16(7-3-14)22-18(28)10-19-25(30-22)31-27(29-19)38-21-12-36-23-20(34)11-35-24(21)23/h2-10,20-21,23-24,34H,11-12H2,1H3,(H,29,30,31)/t20-,21-,23-,24-/m1/s1. The normalized spacial score (nSPS) is 22.7. The molecule has 2 N–H and O–H groups in total. The molecule has 0 unspecified atom stereocenters. The molecule has 38 heavy (non-hydrogen) atoms. The quantitative estimate of drug-likeness (QED) is 0.342. The number of hydrogen-bond donors (Lipinski definition) is 2. The molecule has 0 aliphatic carbocycles. The summed E-state index contributed by atoms with van der Waals surface area (Å²) in [7, 11) is 0. The molecule has 192 valence electrons. The van der Waals surface area contributed by atoms with Gasteiger partial charge in [-0.3, -0.25) is 0 Å². The summed E-state index contributed by atoms with van der Waals surface area (Å²) in [5, 5.41) is 18.4. The van der Waals surface area contributed by atoms with Gasteiger partial charge in [0.1, 0.15) is 18.3 Å². The number of pyridine rings is 1. The number of fused-ring (bicyclic) bond motifs is 2. The van der Waals surface area contributed by atoms with Gasteiger partial charge in [0.2, 0.25) is 11.8 Å². The van der Waals surface area contributed by atoms with Crippen LogP contribution in [0, 0.1) is 6.92 Å². The third-order valence-electron chi connectivity index (χ3n) is 6.80. The highest BCUT2D eigenvalue weighted by Crippen LogP contribution is 2.33. The number of imidazole rings is 1. The zero-order chi connectivity index (χ0) is 25.8. The van der Waals surface area contributed by atoms with E-state index in [0.29, 0.717) is 46.3 Å². The maximum Gasteiger partial charge on any atom is 0.296 e. The lowest BCUT2D eigenvalue weighted by Gasteiger charge is -2.15. The van der Waals surface area contributed by atoms with Crippen molar-refractivity contribution in [2.24, 2.45) is 0 Å². The maximum absolute atomic E-state index is 9.94. The zero-order valence-electron chi connectivity index (χ0n) is 20.2. The van der Waals surface area contributed by atoms with Crippen LogP contribution < -0.4 is 4.74 Å². The first-order valence-electron chi connectivity index (χ1n) is 12.2. The Hall–Kier alpha value is -3.83. The van der Waals surface area contributed by atoms with E-state index in [1.807, 2.05) is 48.5 Å². The summed E-state index contributed by atoms with van der Waals surface area (Å²) in [4.78, 5) is 12.3. The fourth-order valence-electron chi connectivity index (χ4n) is 4.88. The number of benzene rings is 2. The molecule has 0 amide bonds. The smallest absolute Gasteiger partial charge is 0.296 e. The first kappa shape index (κ1) is 23.3. The fraction of sp³-hybridized carbons (Fsp3) is 0.259. The second kappa shape index (κ2) is 9.17. The number of H-pyrrole nitrogens is 1. The van der Waals surface area contributed by atoms with Gasteiger partial charge in [-0.2, -0.15) is 4.98 Å². The molecule has 2 aliphatic rings. The van der Waals surface area contributed by atoms with Crippen LogP contribution in [0.3, 0.4) is 0 Å². The number of nitrogens with zero attached hydrogens (tertiary/aromatic N) is 4. The average Bonchev–Trinajstić information content (AvgIpc) is 3.71. The molecule has 5 aromatic rings. The van der Waals surface area contributed by atoms with Crippen LogP contribution in [0.4, 0.5) is 0 Å². The van der Waals surface area contributed by atoms with Crippen molar-refractivity contribution in [2.75, 3.05) is 13.2 Å². The summed E-state index contributed by atoms with van der Waals surface area (Å²) in [6.45, 7) is 2.32. The Morgan fingerprint density at radius 1 is 0.895 bits per heavy atom. The highest BCUT2D eigenvalue weighted by Gasteiger charge is 2.48. The number of halogens is 1. The fourth-order valence-corrected chi connectivity index (χ4v) is 5.14. The number of aromatic nitrogens is 5. The SMILES string of the molecule is Cc1nnc(-c2ccc(-c3ccc(-c4nc5nc(O[C@@H]6CO[C@H]7[C@@H]6OC[C@H]7O)[nH]c5cc4Cl)cc3)cc2)o1. The van der Waals surface area contributed by atoms with Gasteiger partial charge in [-0.1, -0.05) is 48.0 Å². The van der Waals surface area contributed by atoms with E-state index in [4.69, 9.17) is 30.2 Å². The monoisotopic (exact) mass is 531 g/mol. The zero-order valence-corrected chi connectivity index (χ0v) is 20.9. The van der Waals surface area contributed by atoms with Crippen molar-refractivity contribution in [2.45, 2.75) is 31.3 Å². The molecule has 0 radical (unpaired) electrons. The lowest BCUT2D eigenvalue weighted by atomic mass is 10.0. The van der Waals surface area contributed by atoms with Gasteiger partial charge < -0.3 is 28.7 Å². The van der Waals surface area contributed by atoms with Gasteiger partial charge in [0, 0.05) is 18.1 Å². The van der Waals surface area contributed by atoms with Crippen molar-refractivity contribution in [1.29, 1.82) is 0 Å². The highest BCUT2D eigenvalue weighted by atomic mass is 35.5. The van der Waals surface area contributed by atoms with Crippen LogP contribution in [-0.2, 0) is 9.47 Å². The van der Waals surface area contributed by atoms with Crippen molar-refractivity contribution in [1.82, 2.24) is 25.1 Å². The third-order valence-corrected chi connectivity index (χ3v) is 7.09. The molecule has 11 heteroatoms. The van der Waals surface area contributed by atoms with Gasteiger partial charge in [0.05, 0.1) is 29.4 Å². The Balaban J connectivity index is 1.11. The predicted molar refractivity (Wildman–Crippen MR) is 138 cm³/mol. The van der Waals surface area contributed by atoms with Crippen molar-refractivity contribution in [3.8, 4) is 39.8 Å². The van der Waals surface area contributed by atoms with Crippen LogP contribution in [0.2, 0.25) is 5.02 Å². The lowest BCUT2D eigenvalue weighted by molar-refractivity contribution is 0.00706. The van der Waals surface area contributed by atoms with E-state index in [1.165, 1.54) is 0 Å². The average molecular weight is 532 g/mol. The predicted octanol–water partition coefficient (Wildman–Crippen LogP) is 4.21. The molecule has 7 rings (SSSR count). The number of rotatable bonds is 5. The van der Waals surface area contributed by atoms with Crippen LogP contribution in [0.5, 0.6) is 6.01 Å². The van der Waals surface area contributed by atoms with Crippen LogP contribution >= 0.6 is 11.6 Å². The Morgan fingerprint density at radius 2 is 1.58 bits per heavy atom. The number of aromatic amines is 1. The topological polar surface area (TPSA) is 128 Å². The van der Waals surface area contributed by atoms with E-state index in [-0.39, 0.29) is 24.9 Å². The minimum absolute atomic E-state index is 0.236. The first-order valence-corrected chi connectivity index (χ1v) is 12.6. The minimum Gasteiger partial charge on any atom is -0.456 e. The molecule has 4 atom stereocenters. The van der Waals surface area contributed by atoms with E-state index in [0.717, 1.165) is 22.3 Å². The van der Waals surface area contributed by atoms with Crippen molar-refractivity contribution in [3.63, 3.8) is 0 Å². The van der Waals surface area contributed by atoms with Gasteiger partial charge in [-0.15, -0.1) is 10.2 Å². The second-order valence-corrected chi connectivity index (χ2v) is 9.74. The van der Waals surface area contributed by atoms with Gasteiger partial charge in [0.15, 0.2) is 11.8 Å². The Morgan fingerprint density at radius 3 is 2.29 bits per heavy atom. The van der Waals surface area contributed by atoms with E-state index in [9.17, 15) is 5.11 Å². The molecule has 0 spiro atoms. The summed E-state index contributed by atoms with van der Waals surface area (Å²) in [6, 6.07) is 18.0. The second-order valence-electron chi connectivity index (χ2n) is 9.33. The largest absolute Gasteiger partial charge is 0.456 e. The van der Waals surface area contributed by atoms with Crippen LogP contribution in [0.15, 0.2) is 59.0 Å². The number of hydrogen-bond acceptors (Lipinski definition) is 9. The van der Waals surface area contributed by atoms with Crippen molar-refractivity contribution in [3.05, 3.63) is 65.5 Å². The Kier molecular flexibility index (Phi) is 5.62. The molecule has 5 heterocycles. The highest BCUT2D eigenvalue weighted by molar-refractivity contribution is 6.33. The summed E-state index contributed by atoms with van der Waals surface area (Å²) in [6.07, 6.45) is -1.72. The van der Waals surface area contributed by atoms with Gasteiger partial charge >= 0.3 is 0 Å². The van der Waals surface area contributed by atoms with E-state index < -0.39 is 6.10 Å². The molecule has 2 aromatic carbocycles. The van der Waals surface area contributed by atoms with Gasteiger partial charge in [-0.05, 0) is 29.3 Å². The van der Waals surface area contributed by atoms with Gasteiger partial charge in [0.25, 0.3) is 6.01 Å². The third kappa shape index (κ3) is 4.11. The van der Waals surface area contributed by atoms with Crippen molar-refractivity contribution >= 4 is 22.8 Å². The summed E-state index contributed by atoms with van der Waals surface area (Å²) in [5.41, 5.74) is 5.60. The molecule has 2 saturated heterocycles. The Bertz CT molecular complexity index is 1620. The summed E-state index contributed by atoms with van der Waals surface area (Å²) >= 11 is 6.60. The number of aliphatic hydroxyl groups is 1. The van der Waals surface area contributed by atoms with Crippen LogP contribution in [0.25, 0.3) is 45.0 Å². The molecule has 0 bridgehead atoms. The number of aryl methyl sites for hydroxylation is 1. The molecule has 10 nitrogen and oxygen atoms in total. The van der Waals surface area contributed by atoms with Crippen LogP contribution in [-0.4, -0.2) is 67.9 Å². The van der Waals surface area contributed by atoms with E-state index >= 15 is 0 Å². The number of nitrogens with one attached hydrogen (secondary N) is 1. The number of aliphatic hydroxyl groups excluding tert-OH is 1. The summed E-state index contributed by atoms with van der Waals surface area (Å²) < 4.78 is 22.7. The maximum atomic E-state index is 9.94. The lowest BCUT2D eigenvalue weighted by Crippen LogP contribution is -2.34. The molecular formula is C27H22ClN5O5. The number of ether oxygens (including phenoxy) is 3. The first-order chi connectivity index (χ1) is 18.5. The molecule has 3 aromatic heterocycles. The minimum atomic E-state index is -0.640. The van der Waals surface area contributed by atoms with Crippen molar-refractivity contribution < 1.29 is 23.7 Å². The Labute approximate surface area is 221 Å².